The van der Waals surface area contributed by atoms with Crippen molar-refractivity contribution in [2.24, 2.45) is 0 Å². The normalized spacial score (nSPS) is 11.1. The molecule has 0 atom stereocenters. The van der Waals surface area contributed by atoms with Crippen molar-refractivity contribution >= 4 is 38.3 Å². The second-order valence-electron chi connectivity index (χ2n) is 4.02. The summed E-state index contributed by atoms with van der Waals surface area (Å²) >= 11 is 2.17. The van der Waals surface area contributed by atoms with Gasteiger partial charge >= 0.3 is 0 Å². The molecule has 0 bridgehead atoms. The highest BCUT2D eigenvalue weighted by Gasteiger charge is 2.14. The molecule has 0 amide bonds. The molecule has 0 aliphatic carbocycles. The molecule has 2 aromatic rings. The first-order valence-electron chi connectivity index (χ1n) is 6.02. The van der Waals surface area contributed by atoms with Gasteiger partial charge in [-0.25, -0.2) is 8.42 Å². The molecule has 0 saturated carbocycles. The summed E-state index contributed by atoms with van der Waals surface area (Å²) in [5.41, 5.74) is 0.541. The van der Waals surface area contributed by atoms with Crippen LogP contribution in [0.2, 0.25) is 0 Å². The molecule has 0 heterocycles. The third-order valence-corrected chi connectivity index (χ3v) is 4.66. The molecule has 20 heavy (non-hydrogen) atoms. The average Bonchev–Trinajstić information content (AvgIpc) is 2.42. The van der Waals surface area contributed by atoms with Gasteiger partial charge in [-0.2, -0.15) is 0 Å². The van der Waals surface area contributed by atoms with E-state index in [-0.39, 0.29) is 4.90 Å². The quantitative estimate of drug-likeness (QED) is 0.778. The molecule has 0 fully saturated rings. The molecule has 0 unspecified atom stereocenters. The zero-order valence-electron chi connectivity index (χ0n) is 10.8. The van der Waals surface area contributed by atoms with Crippen LogP contribution in [0.25, 0.3) is 0 Å². The van der Waals surface area contributed by atoms with Gasteiger partial charge in [0.05, 0.1) is 11.5 Å². The van der Waals surface area contributed by atoms with E-state index < -0.39 is 10.0 Å². The Labute approximate surface area is 132 Å². The maximum atomic E-state index is 12.2. The van der Waals surface area contributed by atoms with Gasteiger partial charge < -0.3 is 4.74 Å². The molecule has 0 radical (unpaired) electrons. The molecule has 0 saturated heterocycles. The van der Waals surface area contributed by atoms with Crippen molar-refractivity contribution in [1.82, 2.24) is 0 Å². The van der Waals surface area contributed by atoms with Gasteiger partial charge in [0.25, 0.3) is 10.0 Å². The van der Waals surface area contributed by atoms with Crippen molar-refractivity contribution in [2.75, 3.05) is 11.3 Å². The van der Waals surface area contributed by atoms with E-state index in [4.69, 9.17) is 4.74 Å². The molecular formula is C14H14INO3S. The lowest BCUT2D eigenvalue weighted by atomic mass is 10.3. The van der Waals surface area contributed by atoms with E-state index in [1.54, 1.807) is 24.3 Å². The molecule has 2 rings (SSSR count). The summed E-state index contributed by atoms with van der Waals surface area (Å²) in [6.07, 6.45) is 0. The summed E-state index contributed by atoms with van der Waals surface area (Å²) < 4.78 is 33.3. The third-order valence-electron chi connectivity index (χ3n) is 2.54. The first-order chi connectivity index (χ1) is 9.51. The molecule has 2 aromatic carbocycles. The van der Waals surface area contributed by atoms with Crippen LogP contribution in [-0.4, -0.2) is 15.0 Å². The SMILES string of the molecule is CCOc1ccc(S(=O)(=O)Nc2ccc(I)cc2)cc1. The van der Waals surface area contributed by atoms with Crippen LogP contribution in [0.1, 0.15) is 6.92 Å². The highest BCUT2D eigenvalue weighted by atomic mass is 127. The number of sulfonamides is 1. The van der Waals surface area contributed by atoms with Crippen LogP contribution in [0, 0.1) is 3.57 Å². The lowest BCUT2D eigenvalue weighted by Crippen LogP contribution is -2.12. The molecule has 0 spiro atoms. The van der Waals surface area contributed by atoms with Gasteiger partial charge in [0.1, 0.15) is 5.75 Å². The van der Waals surface area contributed by atoms with Gasteiger partial charge in [0.15, 0.2) is 0 Å². The Morgan fingerprint density at radius 1 is 1.05 bits per heavy atom. The van der Waals surface area contributed by atoms with Crippen LogP contribution >= 0.6 is 22.6 Å². The van der Waals surface area contributed by atoms with E-state index >= 15 is 0 Å². The van der Waals surface area contributed by atoms with Crippen molar-refractivity contribution in [3.05, 3.63) is 52.1 Å². The summed E-state index contributed by atoms with van der Waals surface area (Å²) in [7, 11) is -3.57. The first kappa shape index (κ1) is 15.1. The van der Waals surface area contributed by atoms with Crippen molar-refractivity contribution < 1.29 is 13.2 Å². The fraction of sp³-hybridized carbons (Fsp3) is 0.143. The van der Waals surface area contributed by atoms with Crippen LogP contribution < -0.4 is 9.46 Å². The monoisotopic (exact) mass is 403 g/mol. The van der Waals surface area contributed by atoms with Crippen LogP contribution in [0.4, 0.5) is 5.69 Å². The fourth-order valence-electron chi connectivity index (χ4n) is 1.61. The second kappa shape index (κ2) is 6.45. The minimum atomic E-state index is -3.57. The van der Waals surface area contributed by atoms with Gasteiger partial charge in [0, 0.05) is 9.26 Å². The Morgan fingerprint density at radius 3 is 2.20 bits per heavy atom. The van der Waals surface area contributed by atoms with Crippen LogP contribution in [0.5, 0.6) is 5.75 Å². The fourth-order valence-corrected chi connectivity index (χ4v) is 3.03. The van der Waals surface area contributed by atoms with Gasteiger partial charge in [-0.15, -0.1) is 0 Å². The largest absolute Gasteiger partial charge is 0.494 e. The Balaban J connectivity index is 2.19. The molecule has 0 aliphatic heterocycles. The molecule has 0 aliphatic rings. The Kier molecular flexibility index (Phi) is 4.87. The zero-order chi connectivity index (χ0) is 14.6. The van der Waals surface area contributed by atoms with Crippen molar-refractivity contribution in [3.63, 3.8) is 0 Å². The summed E-state index contributed by atoms with van der Waals surface area (Å²) in [5.74, 6) is 0.653. The van der Waals surface area contributed by atoms with Gasteiger partial charge in [0.2, 0.25) is 0 Å². The standard InChI is InChI=1S/C14H14INO3S/c1-2-19-13-7-9-14(10-8-13)20(17,18)16-12-5-3-11(15)4-6-12/h3-10,16H,2H2,1H3. The van der Waals surface area contributed by atoms with Crippen LogP contribution in [0.3, 0.4) is 0 Å². The number of ether oxygens (including phenoxy) is 1. The Hall–Kier alpha value is -1.28. The van der Waals surface area contributed by atoms with E-state index in [0.29, 0.717) is 18.0 Å². The maximum absolute atomic E-state index is 12.2. The lowest BCUT2D eigenvalue weighted by Gasteiger charge is -2.09. The Morgan fingerprint density at radius 2 is 1.65 bits per heavy atom. The third kappa shape index (κ3) is 3.86. The number of benzene rings is 2. The minimum Gasteiger partial charge on any atom is -0.494 e. The summed E-state index contributed by atoms with van der Waals surface area (Å²) in [6.45, 7) is 2.43. The van der Waals surface area contributed by atoms with E-state index in [2.05, 4.69) is 27.3 Å². The van der Waals surface area contributed by atoms with Crippen LogP contribution in [0.15, 0.2) is 53.4 Å². The minimum absolute atomic E-state index is 0.208. The van der Waals surface area contributed by atoms with Crippen molar-refractivity contribution in [2.45, 2.75) is 11.8 Å². The average molecular weight is 403 g/mol. The molecule has 1 N–H and O–H groups in total. The topological polar surface area (TPSA) is 55.4 Å². The highest BCUT2D eigenvalue weighted by Crippen LogP contribution is 2.19. The van der Waals surface area contributed by atoms with E-state index in [0.717, 1.165) is 3.57 Å². The van der Waals surface area contributed by atoms with E-state index in [9.17, 15) is 8.42 Å². The molecular weight excluding hydrogens is 389 g/mol. The van der Waals surface area contributed by atoms with Gasteiger partial charge in [-0.3, -0.25) is 4.72 Å². The van der Waals surface area contributed by atoms with E-state index in [1.165, 1.54) is 12.1 Å². The van der Waals surface area contributed by atoms with Crippen molar-refractivity contribution in [1.29, 1.82) is 0 Å². The Bertz CT molecular complexity index is 667. The van der Waals surface area contributed by atoms with Gasteiger partial charge in [-0.1, -0.05) is 0 Å². The summed E-state index contributed by atoms with van der Waals surface area (Å²) in [5, 5.41) is 0. The smallest absolute Gasteiger partial charge is 0.261 e. The van der Waals surface area contributed by atoms with Crippen LogP contribution in [-0.2, 0) is 10.0 Å². The molecule has 0 aromatic heterocycles. The molecule has 106 valence electrons. The number of halogens is 1. The zero-order valence-corrected chi connectivity index (χ0v) is 13.8. The van der Waals surface area contributed by atoms with Crippen molar-refractivity contribution in [3.8, 4) is 5.75 Å². The number of nitrogens with one attached hydrogen (secondary N) is 1. The predicted molar refractivity (Wildman–Crippen MR) is 87.6 cm³/mol. The first-order valence-corrected chi connectivity index (χ1v) is 8.59. The summed E-state index contributed by atoms with van der Waals surface area (Å²) in [6, 6.07) is 13.5. The summed E-state index contributed by atoms with van der Waals surface area (Å²) in [4.78, 5) is 0.208. The number of anilines is 1. The number of rotatable bonds is 5. The lowest BCUT2D eigenvalue weighted by molar-refractivity contribution is 0.340. The maximum Gasteiger partial charge on any atom is 0.261 e. The van der Waals surface area contributed by atoms with E-state index in [1.807, 2.05) is 19.1 Å². The predicted octanol–water partition coefficient (Wildman–Crippen LogP) is 3.49. The number of hydrogen-bond donors (Lipinski definition) is 1. The molecule has 4 nitrogen and oxygen atoms in total. The highest BCUT2D eigenvalue weighted by molar-refractivity contribution is 14.1. The number of hydrogen-bond acceptors (Lipinski definition) is 3. The second-order valence-corrected chi connectivity index (χ2v) is 6.94. The molecule has 6 heteroatoms. The van der Waals surface area contributed by atoms with Gasteiger partial charge in [-0.05, 0) is 78.0 Å².